The van der Waals surface area contributed by atoms with E-state index in [0.717, 1.165) is 31.6 Å². The second-order valence-corrected chi connectivity index (χ2v) is 6.59. The van der Waals surface area contributed by atoms with Crippen molar-refractivity contribution in [2.45, 2.75) is 20.3 Å². The van der Waals surface area contributed by atoms with Gasteiger partial charge < -0.3 is 10.6 Å². The number of hydrogen-bond donors (Lipinski definition) is 2. The Kier molecular flexibility index (Phi) is 6.25. The molecule has 5 nitrogen and oxygen atoms in total. The van der Waals surface area contributed by atoms with E-state index in [1.165, 1.54) is 6.07 Å². The Labute approximate surface area is 140 Å². The molecule has 1 heterocycles. The van der Waals surface area contributed by atoms with E-state index >= 15 is 0 Å². The molecule has 24 heavy (non-hydrogen) atoms. The summed E-state index contributed by atoms with van der Waals surface area (Å²) in [5.74, 6) is -1.63. The predicted molar refractivity (Wildman–Crippen MR) is 87.4 cm³/mol. The second-order valence-electron chi connectivity index (χ2n) is 6.59. The Balaban J connectivity index is 1.74. The van der Waals surface area contributed by atoms with E-state index in [1.54, 1.807) is 0 Å². The summed E-state index contributed by atoms with van der Waals surface area (Å²) in [5.41, 5.74) is 0.145. The number of likely N-dealkylation sites (tertiary alicyclic amines) is 1. The van der Waals surface area contributed by atoms with Crippen LogP contribution in [0.3, 0.4) is 0 Å². The number of amides is 2. The molecule has 1 saturated heterocycles. The Morgan fingerprint density at radius 2 is 1.79 bits per heavy atom. The van der Waals surface area contributed by atoms with Crippen LogP contribution in [-0.4, -0.2) is 42.9 Å². The molecule has 2 rings (SSSR count). The van der Waals surface area contributed by atoms with Crippen LogP contribution in [0.5, 0.6) is 0 Å². The first-order valence-electron chi connectivity index (χ1n) is 8.07. The van der Waals surface area contributed by atoms with Crippen molar-refractivity contribution in [2.24, 2.45) is 11.8 Å². The van der Waals surface area contributed by atoms with E-state index in [4.69, 9.17) is 0 Å². The van der Waals surface area contributed by atoms with Gasteiger partial charge in [0, 0.05) is 24.8 Å². The fourth-order valence-corrected chi connectivity index (χ4v) is 3.14. The monoisotopic (exact) mass is 339 g/mol. The van der Waals surface area contributed by atoms with E-state index in [9.17, 15) is 18.4 Å². The molecule has 1 fully saturated rings. The Morgan fingerprint density at radius 1 is 1.12 bits per heavy atom. The smallest absolute Gasteiger partial charge is 0.243 e. The van der Waals surface area contributed by atoms with E-state index in [0.29, 0.717) is 11.8 Å². The number of carbonyl (C=O) groups is 2. The van der Waals surface area contributed by atoms with E-state index in [1.807, 2.05) is 0 Å². The van der Waals surface area contributed by atoms with Gasteiger partial charge in [0.1, 0.15) is 0 Å². The van der Waals surface area contributed by atoms with Gasteiger partial charge in [-0.25, -0.2) is 8.78 Å². The van der Waals surface area contributed by atoms with E-state index in [2.05, 4.69) is 29.4 Å². The number of carbonyl (C=O) groups excluding carboxylic acids is 2. The molecule has 2 N–H and O–H groups in total. The fraction of sp³-hybridized carbons (Fsp3) is 0.529. The minimum Gasteiger partial charge on any atom is -0.346 e. The molecule has 1 aliphatic heterocycles. The zero-order valence-electron chi connectivity index (χ0n) is 13.9. The molecular formula is C17H23F2N3O2. The van der Waals surface area contributed by atoms with Crippen molar-refractivity contribution in [1.29, 1.82) is 0 Å². The number of rotatable bonds is 5. The number of nitrogens with zero attached hydrogens (tertiary/aromatic N) is 1. The molecule has 1 aromatic carbocycles. The molecular weight excluding hydrogens is 316 g/mol. The first-order chi connectivity index (χ1) is 11.3. The summed E-state index contributed by atoms with van der Waals surface area (Å²) in [6, 6.07) is 3.09. The molecule has 0 aromatic heterocycles. The molecule has 2 amide bonds. The van der Waals surface area contributed by atoms with Crippen LogP contribution in [0.25, 0.3) is 0 Å². The molecule has 0 radical (unpaired) electrons. The van der Waals surface area contributed by atoms with Crippen molar-refractivity contribution in [2.75, 3.05) is 31.5 Å². The van der Waals surface area contributed by atoms with Crippen LogP contribution < -0.4 is 10.6 Å². The zero-order valence-corrected chi connectivity index (χ0v) is 13.9. The predicted octanol–water partition coefficient (Wildman–Crippen LogP) is 2.00. The van der Waals surface area contributed by atoms with Crippen LogP contribution in [-0.2, 0) is 9.59 Å². The van der Waals surface area contributed by atoms with Gasteiger partial charge in [-0.15, -0.1) is 0 Å². The highest BCUT2D eigenvalue weighted by Gasteiger charge is 2.23. The SMILES string of the molecule is CC1CC(C)CN(CC(=O)NCC(=O)Nc2ccc(F)c(F)c2)C1. The summed E-state index contributed by atoms with van der Waals surface area (Å²) in [7, 11) is 0. The van der Waals surface area contributed by atoms with Crippen LogP contribution in [0.4, 0.5) is 14.5 Å². The summed E-state index contributed by atoms with van der Waals surface area (Å²) < 4.78 is 25.9. The van der Waals surface area contributed by atoms with Gasteiger partial charge in [0.15, 0.2) is 11.6 Å². The first-order valence-corrected chi connectivity index (χ1v) is 8.07. The maximum atomic E-state index is 13.1. The molecule has 0 aliphatic carbocycles. The van der Waals surface area contributed by atoms with Crippen LogP contribution in [0.2, 0.25) is 0 Å². The minimum atomic E-state index is -1.04. The van der Waals surface area contributed by atoms with Gasteiger partial charge in [-0.1, -0.05) is 13.8 Å². The molecule has 7 heteroatoms. The highest BCUT2D eigenvalue weighted by atomic mass is 19.2. The lowest BCUT2D eigenvalue weighted by Gasteiger charge is -2.34. The minimum absolute atomic E-state index is 0.145. The maximum absolute atomic E-state index is 13.1. The highest BCUT2D eigenvalue weighted by Crippen LogP contribution is 2.20. The van der Waals surface area contributed by atoms with Crippen molar-refractivity contribution in [3.05, 3.63) is 29.8 Å². The van der Waals surface area contributed by atoms with Crippen LogP contribution in [0.1, 0.15) is 20.3 Å². The number of piperidine rings is 1. The van der Waals surface area contributed by atoms with Gasteiger partial charge >= 0.3 is 0 Å². The molecule has 2 atom stereocenters. The van der Waals surface area contributed by atoms with Gasteiger partial charge in [0.25, 0.3) is 0 Å². The Morgan fingerprint density at radius 3 is 2.42 bits per heavy atom. The average molecular weight is 339 g/mol. The van der Waals surface area contributed by atoms with Gasteiger partial charge in [-0.3, -0.25) is 14.5 Å². The third kappa shape index (κ3) is 5.56. The van der Waals surface area contributed by atoms with Crippen molar-refractivity contribution in [3.63, 3.8) is 0 Å². The number of benzene rings is 1. The molecule has 0 saturated carbocycles. The largest absolute Gasteiger partial charge is 0.346 e. The maximum Gasteiger partial charge on any atom is 0.243 e. The molecule has 1 aromatic rings. The van der Waals surface area contributed by atoms with Crippen molar-refractivity contribution < 1.29 is 18.4 Å². The Hall–Kier alpha value is -2.02. The normalized spacial score (nSPS) is 21.3. The molecule has 0 bridgehead atoms. The van der Waals surface area contributed by atoms with Crippen molar-refractivity contribution in [1.82, 2.24) is 10.2 Å². The molecule has 2 unspecified atom stereocenters. The fourth-order valence-electron chi connectivity index (χ4n) is 3.14. The first kappa shape index (κ1) is 18.3. The summed E-state index contributed by atoms with van der Waals surface area (Å²) in [6.45, 7) is 6.12. The van der Waals surface area contributed by atoms with Crippen molar-refractivity contribution in [3.8, 4) is 0 Å². The van der Waals surface area contributed by atoms with Crippen LogP contribution >= 0.6 is 0 Å². The van der Waals surface area contributed by atoms with Gasteiger partial charge in [0.2, 0.25) is 11.8 Å². The van der Waals surface area contributed by atoms with Gasteiger partial charge in [-0.05, 0) is 30.4 Å². The summed E-state index contributed by atoms with van der Waals surface area (Å²) >= 11 is 0. The summed E-state index contributed by atoms with van der Waals surface area (Å²) in [6.07, 6.45) is 1.16. The quantitative estimate of drug-likeness (QED) is 0.863. The molecule has 132 valence electrons. The van der Waals surface area contributed by atoms with Crippen molar-refractivity contribution >= 4 is 17.5 Å². The number of halogens is 2. The van der Waals surface area contributed by atoms with Crippen LogP contribution in [0, 0.1) is 23.5 Å². The summed E-state index contributed by atoms with van der Waals surface area (Å²) in [5, 5.41) is 4.95. The molecule has 0 spiro atoms. The Bertz CT molecular complexity index is 599. The number of anilines is 1. The van der Waals surface area contributed by atoms with E-state index in [-0.39, 0.29) is 24.7 Å². The lowest BCUT2D eigenvalue weighted by molar-refractivity contribution is -0.125. The van der Waals surface area contributed by atoms with Crippen LogP contribution in [0.15, 0.2) is 18.2 Å². The third-order valence-electron chi connectivity index (χ3n) is 3.96. The van der Waals surface area contributed by atoms with E-state index < -0.39 is 17.5 Å². The van der Waals surface area contributed by atoms with Gasteiger partial charge in [-0.2, -0.15) is 0 Å². The number of hydrogen-bond acceptors (Lipinski definition) is 3. The zero-order chi connectivity index (χ0) is 17.7. The second kappa shape index (κ2) is 8.19. The standard InChI is InChI=1S/C17H23F2N3O2/c1-11-5-12(2)9-22(8-11)10-17(24)20-7-16(23)21-13-3-4-14(18)15(19)6-13/h3-4,6,11-12H,5,7-10H2,1-2H3,(H,20,24)(H,21,23). The number of nitrogens with one attached hydrogen (secondary N) is 2. The highest BCUT2D eigenvalue weighted by molar-refractivity contribution is 5.94. The average Bonchev–Trinajstić information content (AvgIpc) is 2.48. The molecule has 1 aliphatic rings. The third-order valence-corrected chi connectivity index (χ3v) is 3.96. The lowest BCUT2D eigenvalue weighted by atomic mass is 9.92. The van der Waals surface area contributed by atoms with Gasteiger partial charge in [0.05, 0.1) is 13.1 Å². The summed E-state index contributed by atoms with van der Waals surface area (Å²) in [4.78, 5) is 25.8. The topological polar surface area (TPSA) is 61.4 Å². The lowest BCUT2D eigenvalue weighted by Crippen LogP contribution is -2.45.